The molecule has 1 unspecified atom stereocenters. The van der Waals surface area contributed by atoms with E-state index in [-0.39, 0.29) is 11.8 Å². The Bertz CT molecular complexity index is 759. The molecule has 0 aliphatic heterocycles. The highest BCUT2D eigenvalue weighted by molar-refractivity contribution is 5.84. The molecule has 0 saturated carbocycles. The van der Waals surface area contributed by atoms with Gasteiger partial charge in [-0.05, 0) is 19.1 Å². The number of carbonyl (C=O) groups is 1. The zero-order chi connectivity index (χ0) is 14.8. The largest absolute Gasteiger partial charge is 0.475 e. The molecule has 0 bridgehead atoms. The van der Waals surface area contributed by atoms with Crippen LogP contribution in [0.5, 0.6) is 0 Å². The highest BCUT2D eigenvalue weighted by Gasteiger charge is 2.18. The van der Waals surface area contributed by atoms with Gasteiger partial charge in [0.05, 0.1) is 6.04 Å². The lowest BCUT2D eigenvalue weighted by Crippen LogP contribution is -2.06. The Balaban J connectivity index is 1.97. The first-order chi connectivity index (χ1) is 10.2. The number of aromatic nitrogens is 2. The van der Waals surface area contributed by atoms with Crippen molar-refractivity contribution < 1.29 is 14.3 Å². The number of hydrogen-bond acceptors (Lipinski definition) is 3. The molecule has 3 aromatic rings. The number of benzene rings is 1. The summed E-state index contributed by atoms with van der Waals surface area (Å²) < 4.78 is 7.33. The van der Waals surface area contributed by atoms with Crippen molar-refractivity contribution in [2.45, 2.75) is 13.0 Å². The van der Waals surface area contributed by atoms with Crippen molar-refractivity contribution >= 4 is 5.97 Å². The average Bonchev–Trinajstić information content (AvgIpc) is 3.17. The van der Waals surface area contributed by atoms with E-state index in [9.17, 15) is 4.79 Å². The molecule has 2 aromatic heterocycles. The summed E-state index contributed by atoms with van der Waals surface area (Å²) in [6.07, 6.45) is 3.58. The predicted octanol–water partition coefficient (Wildman–Crippen LogP) is 3.45. The van der Waals surface area contributed by atoms with Crippen LogP contribution in [-0.2, 0) is 0 Å². The number of furan rings is 1. The Hall–Kier alpha value is -2.82. The van der Waals surface area contributed by atoms with Crippen LogP contribution in [0.1, 0.15) is 29.3 Å². The van der Waals surface area contributed by atoms with Gasteiger partial charge in [-0.2, -0.15) is 0 Å². The number of carboxylic acid groups (broad SMARTS) is 1. The zero-order valence-corrected chi connectivity index (χ0v) is 11.4. The summed E-state index contributed by atoms with van der Waals surface area (Å²) in [5.74, 6) is 0.277. The van der Waals surface area contributed by atoms with Gasteiger partial charge < -0.3 is 14.1 Å². The fourth-order valence-electron chi connectivity index (χ4n) is 2.27. The summed E-state index contributed by atoms with van der Waals surface area (Å²) in [6, 6.07) is 12.8. The monoisotopic (exact) mass is 282 g/mol. The number of hydrogen-bond donors (Lipinski definition) is 1. The molecule has 0 fully saturated rings. The van der Waals surface area contributed by atoms with Gasteiger partial charge in [0.15, 0.2) is 0 Å². The molecule has 3 rings (SSSR count). The second-order valence-electron chi connectivity index (χ2n) is 4.71. The van der Waals surface area contributed by atoms with Gasteiger partial charge in [-0.25, -0.2) is 9.78 Å². The summed E-state index contributed by atoms with van der Waals surface area (Å²) in [4.78, 5) is 15.3. The number of rotatable bonds is 4. The first-order valence-corrected chi connectivity index (χ1v) is 6.58. The van der Waals surface area contributed by atoms with Crippen molar-refractivity contribution in [1.82, 2.24) is 9.55 Å². The lowest BCUT2D eigenvalue weighted by Gasteiger charge is -2.14. The summed E-state index contributed by atoms with van der Waals surface area (Å²) in [5.41, 5.74) is 0.999. The second kappa shape index (κ2) is 5.28. The third-order valence-corrected chi connectivity index (χ3v) is 3.37. The molecule has 1 aromatic carbocycles. The highest BCUT2D eigenvalue weighted by Crippen LogP contribution is 2.26. The molecule has 0 aliphatic rings. The average molecular weight is 282 g/mol. The highest BCUT2D eigenvalue weighted by atomic mass is 16.4. The standard InChI is InChI=1S/C16H14N2O3/c1-11(13-7-8-14(21-13)16(19)20)18-10-9-17-15(18)12-5-3-2-4-6-12/h2-11H,1H3,(H,19,20). The Kier molecular flexibility index (Phi) is 3.31. The number of aromatic carboxylic acids is 1. The molecule has 106 valence electrons. The van der Waals surface area contributed by atoms with Crippen LogP contribution in [0.2, 0.25) is 0 Å². The van der Waals surface area contributed by atoms with Crippen LogP contribution in [-0.4, -0.2) is 20.6 Å². The molecule has 5 nitrogen and oxygen atoms in total. The molecule has 1 N–H and O–H groups in total. The van der Waals surface area contributed by atoms with Gasteiger partial charge >= 0.3 is 5.97 Å². The summed E-state index contributed by atoms with van der Waals surface area (Å²) >= 11 is 0. The Morgan fingerprint density at radius 2 is 2.00 bits per heavy atom. The van der Waals surface area contributed by atoms with Crippen LogP contribution in [0.3, 0.4) is 0 Å². The van der Waals surface area contributed by atoms with Crippen LogP contribution < -0.4 is 0 Å². The van der Waals surface area contributed by atoms with E-state index >= 15 is 0 Å². The molecule has 0 amide bonds. The molecule has 0 spiro atoms. The predicted molar refractivity (Wildman–Crippen MR) is 77.1 cm³/mol. The van der Waals surface area contributed by atoms with E-state index in [1.54, 1.807) is 12.3 Å². The van der Waals surface area contributed by atoms with E-state index in [1.165, 1.54) is 6.07 Å². The minimum Gasteiger partial charge on any atom is -0.475 e. The molecular weight excluding hydrogens is 268 g/mol. The van der Waals surface area contributed by atoms with E-state index in [0.29, 0.717) is 5.76 Å². The van der Waals surface area contributed by atoms with Crippen LogP contribution in [0.25, 0.3) is 11.4 Å². The smallest absolute Gasteiger partial charge is 0.371 e. The van der Waals surface area contributed by atoms with Gasteiger partial charge in [0.25, 0.3) is 0 Å². The maximum absolute atomic E-state index is 10.9. The molecule has 0 saturated heterocycles. The van der Waals surface area contributed by atoms with E-state index < -0.39 is 5.97 Å². The first kappa shape index (κ1) is 13.2. The summed E-state index contributed by atoms with van der Waals surface area (Å²) in [7, 11) is 0. The molecule has 0 aliphatic carbocycles. The van der Waals surface area contributed by atoms with Crippen molar-refractivity contribution in [3.05, 3.63) is 66.4 Å². The first-order valence-electron chi connectivity index (χ1n) is 6.58. The van der Waals surface area contributed by atoms with Crippen molar-refractivity contribution in [2.24, 2.45) is 0 Å². The maximum Gasteiger partial charge on any atom is 0.371 e. The fraction of sp³-hybridized carbons (Fsp3) is 0.125. The Morgan fingerprint density at radius 1 is 1.24 bits per heavy atom. The van der Waals surface area contributed by atoms with Gasteiger partial charge in [-0.1, -0.05) is 30.3 Å². The zero-order valence-electron chi connectivity index (χ0n) is 11.4. The van der Waals surface area contributed by atoms with Crippen molar-refractivity contribution in [3.63, 3.8) is 0 Å². The Labute approximate surface area is 121 Å². The van der Waals surface area contributed by atoms with Gasteiger partial charge in [-0.15, -0.1) is 0 Å². The van der Waals surface area contributed by atoms with Gasteiger partial charge in [0.2, 0.25) is 5.76 Å². The fourth-order valence-corrected chi connectivity index (χ4v) is 2.27. The molecule has 0 radical (unpaired) electrons. The van der Waals surface area contributed by atoms with Crippen LogP contribution in [0.15, 0.2) is 59.3 Å². The molecule has 21 heavy (non-hydrogen) atoms. The Morgan fingerprint density at radius 3 is 2.67 bits per heavy atom. The normalized spacial score (nSPS) is 12.2. The van der Waals surface area contributed by atoms with E-state index in [1.807, 2.05) is 48.0 Å². The molecular formula is C16H14N2O3. The van der Waals surface area contributed by atoms with Gasteiger partial charge in [-0.3, -0.25) is 0 Å². The lowest BCUT2D eigenvalue weighted by atomic mass is 10.2. The molecule has 1 atom stereocenters. The van der Waals surface area contributed by atoms with Crippen molar-refractivity contribution in [3.8, 4) is 11.4 Å². The minimum atomic E-state index is -1.07. The topological polar surface area (TPSA) is 68.3 Å². The van der Waals surface area contributed by atoms with Gasteiger partial charge in [0, 0.05) is 18.0 Å². The van der Waals surface area contributed by atoms with E-state index in [0.717, 1.165) is 11.4 Å². The number of nitrogens with zero attached hydrogens (tertiary/aromatic N) is 2. The number of imidazole rings is 1. The van der Waals surface area contributed by atoms with Crippen molar-refractivity contribution in [2.75, 3.05) is 0 Å². The third-order valence-electron chi connectivity index (χ3n) is 3.37. The van der Waals surface area contributed by atoms with Crippen molar-refractivity contribution in [1.29, 1.82) is 0 Å². The SMILES string of the molecule is CC(c1ccc(C(=O)O)o1)n1ccnc1-c1ccccc1. The van der Waals surface area contributed by atoms with Crippen LogP contribution in [0.4, 0.5) is 0 Å². The van der Waals surface area contributed by atoms with E-state index in [2.05, 4.69) is 4.98 Å². The van der Waals surface area contributed by atoms with E-state index in [4.69, 9.17) is 9.52 Å². The minimum absolute atomic E-state index is 0.0572. The number of carboxylic acids is 1. The quantitative estimate of drug-likeness (QED) is 0.795. The summed E-state index contributed by atoms with van der Waals surface area (Å²) in [6.45, 7) is 1.94. The van der Waals surface area contributed by atoms with Crippen LogP contribution in [0, 0.1) is 0 Å². The molecule has 5 heteroatoms. The lowest BCUT2D eigenvalue weighted by molar-refractivity contribution is 0.0659. The third kappa shape index (κ3) is 2.45. The van der Waals surface area contributed by atoms with Gasteiger partial charge in [0.1, 0.15) is 11.6 Å². The maximum atomic E-state index is 10.9. The summed E-state index contributed by atoms with van der Waals surface area (Å²) in [5, 5.41) is 8.93. The van der Waals surface area contributed by atoms with Crippen LogP contribution >= 0.6 is 0 Å². The molecule has 2 heterocycles. The second-order valence-corrected chi connectivity index (χ2v) is 4.71.